The topological polar surface area (TPSA) is 178 Å². The van der Waals surface area contributed by atoms with E-state index in [0.717, 1.165) is 5.56 Å². The summed E-state index contributed by atoms with van der Waals surface area (Å²) in [6.07, 6.45) is -0.419. The Morgan fingerprint density at radius 1 is 1.15 bits per heavy atom. The molecule has 33 heavy (non-hydrogen) atoms. The third-order valence-corrected chi connectivity index (χ3v) is 4.79. The van der Waals surface area contributed by atoms with Crippen molar-refractivity contribution in [3.8, 4) is 17.2 Å². The van der Waals surface area contributed by atoms with Gasteiger partial charge in [-0.3, -0.25) is 10.1 Å². The molecule has 4 N–H and O–H groups in total. The van der Waals surface area contributed by atoms with Crippen LogP contribution in [0.5, 0.6) is 17.2 Å². The lowest BCUT2D eigenvalue weighted by Gasteiger charge is -2.18. The molecule has 0 saturated carbocycles. The maximum atomic E-state index is 11.3. The lowest BCUT2D eigenvalue weighted by atomic mass is 10.1. The van der Waals surface area contributed by atoms with Gasteiger partial charge in [0.05, 0.1) is 11.0 Å². The molecule has 0 aliphatic carbocycles. The Balaban J connectivity index is 1.49. The molecule has 1 aliphatic heterocycles. The van der Waals surface area contributed by atoms with Gasteiger partial charge in [-0.15, -0.1) is 0 Å². The van der Waals surface area contributed by atoms with E-state index >= 15 is 0 Å². The van der Waals surface area contributed by atoms with Crippen molar-refractivity contribution in [2.75, 3.05) is 13.2 Å². The number of fused-ring (bicyclic) bond motifs is 1. The molecule has 0 fully saturated rings. The summed E-state index contributed by atoms with van der Waals surface area (Å²) in [6.45, 7) is 1.97. The van der Waals surface area contributed by atoms with Crippen LogP contribution in [-0.4, -0.2) is 63.3 Å². The van der Waals surface area contributed by atoms with E-state index in [-0.39, 0.29) is 42.1 Å². The van der Waals surface area contributed by atoms with E-state index in [9.17, 15) is 35.0 Å². The van der Waals surface area contributed by atoms with Gasteiger partial charge in [0.2, 0.25) is 0 Å². The number of benzene rings is 2. The molecule has 0 spiro atoms. The smallest absolute Gasteiger partial charge is 0.453 e. The van der Waals surface area contributed by atoms with E-state index in [0.29, 0.717) is 6.42 Å². The standard InChI is InChI=1S/C21H22N2O10/c1-12(22-10-15(24)11-31-16-4-2-3-14(9-16)23(29)30)7-13-5-6-17-18(8-13)33-21(32-17,19(25)26)20(27)28/h2-6,8-9,12,15,22,24H,7,10-11H2,1H3,(H,25,26)(H,27,28). The van der Waals surface area contributed by atoms with Gasteiger partial charge >= 0.3 is 17.7 Å². The second-order valence-corrected chi connectivity index (χ2v) is 7.44. The first-order valence-corrected chi connectivity index (χ1v) is 9.87. The third kappa shape index (κ3) is 5.48. The van der Waals surface area contributed by atoms with Crippen LogP contribution in [0.2, 0.25) is 0 Å². The quantitative estimate of drug-likeness (QED) is 0.214. The Morgan fingerprint density at radius 3 is 2.52 bits per heavy atom. The van der Waals surface area contributed by atoms with Gasteiger partial charge in [0, 0.05) is 18.7 Å². The van der Waals surface area contributed by atoms with Crippen molar-refractivity contribution in [2.45, 2.75) is 31.3 Å². The van der Waals surface area contributed by atoms with Crippen molar-refractivity contribution >= 4 is 17.6 Å². The van der Waals surface area contributed by atoms with Gasteiger partial charge in [0.25, 0.3) is 5.69 Å². The van der Waals surface area contributed by atoms with Crippen molar-refractivity contribution in [2.24, 2.45) is 0 Å². The second kappa shape index (κ2) is 9.71. The van der Waals surface area contributed by atoms with Gasteiger partial charge in [-0.05, 0) is 37.1 Å². The van der Waals surface area contributed by atoms with Crippen LogP contribution >= 0.6 is 0 Å². The van der Waals surface area contributed by atoms with Crippen molar-refractivity contribution in [1.29, 1.82) is 0 Å². The van der Waals surface area contributed by atoms with E-state index in [1.165, 1.54) is 30.3 Å². The fourth-order valence-electron chi connectivity index (χ4n) is 3.14. The molecule has 2 aromatic carbocycles. The zero-order valence-corrected chi connectivity index (χ0v) is 17.5. The fraction of sp³-hybridized carbons (Fsp3) is 0.333. The number of aliphatic hydroxyl groups excluding tert-OH is 1. The summed E-state index contributed by atoms with van der Waals surface area (Å²) in [5.74, 6) is -6.06. The first-order valence-electron chi connectivity index (χ1n) is 9.87. The summed E-state index contributed by atoms with van der Waals surface area (Å²) in [6, 6.07) is 10.1. The average Bonchev–Trinajstić information content (AvgIpc) is 3.17. The van der Waals surface area contributed by atoms with E-state index in [4.69, 9.17) is 14.2 Å². The first-order chi connectivity index (χ1) is 15.6. The number of aliphatic carboxylic acids is 2. The number of nitro benzene ring substituents is 1. The summed E-state index contributed by atoms with van der Waals surface area (Å²) in [4.78, 5) is 32.9. The number of carboxylic acid groups (broad SMARTS) is 2. The highest BCUT2D eigenvalue weighted by molar-refractivity contribution is 6.01. The first kappa shape index (κ1) is 23.8. The Labute approximate surface area is 187 Å². The normalized spacial score (nSPS) is 15.5. The fourth-order valence-corrected chi connectivity index (χ4v) is 3.14. The minimum atomic E-state index is -2.81. The third-order valence-electron chi connectivity index (χ3n) is 4.79. The van der Waals surface area contributed by atoms with Gasteiger partial charge < -0.3 is 34.8 Å². The van der Waals surface area contributed by atoms with E-state index < -0.39 is 28.8 Å². The number of nitrogens with one attached hydrogen (secondary N) is 1. The summed E-state index contributed by atoms with van der Waals surface area (Å²) in [5.41, 5.74) is 0.618. The van der Waals surface area contributed by atoms with Gasteiger partial charge in [0.1, 0.15) is 18.5 Å². The number of nitro groups is 1. The van der Waals surface area contributed by atoms with Crippen LogP contribution in [0.25, 0.3) is 0 Å². The number of non-ortho nitro benzene ring substituents is 1. The van der Waals surface area contributed by atoms with Crippen LogP contribution in [0, 0.1) is 10.1 Å². The number of hydrogen-bond donors (Lipinski definition) is 4. The maximum absolute atomic E-state index is 11.3. The molecule has 0 bridgehead atoms. The highest BCUT2D eigenvalue weighted by Gasteiger charge is 2.57. The Morgan fingerprint density at radius 2 is 1.85 bits per heavy atom. The van der Waals surface area contributed by atoms with Gasteiger partial charge in [-0.25, -0.2) is 9.59 Å². The Kier molecular flexibility index (Phi) is 6.99. The molecule has 1 aliphatic rings. The van der Waals surface area contributed by atoms with Crippen LogP contribution in [0.15, 0.2) is 42.5 Å². The van der Waals surface area contributed by atoms with Crippen LogP contribution in [-0.2, 0) is 16.0 Å². The number of ether oxygens (including phenoxy) is 3. The molecule has 0 saturated heterocycles. The number of rotatable bonds is 11. The number of carboxylic acids is 2. The predicted octanol–water partition coefficient (Wildman–Crippen LogP) is 1.19. The molecule has 3 rings (SSSR count). The summed E-state index contributed by atoms with van der Waals surface area (Å²) in [7, 11) is 0. The van der Waals surface area contributed by atoms with Gasteiger partial charge in [-0.2, -0.15) is 0 Å². The SMILES string of the molecule is CC(Cc1ccc2c(c1)OC(C(=O)O)(C(=O)O)O2)NCC(O)COc1cccc([N+](=O)[O-])c1. The lowest BCUT2D eigenvalue weighted by molar-refractivity contribution is -0.384. The largest absolute Gasteiger partial charge is 0.491 e. The minimum absolute atomic E-state index is 0.00916. The van der Waals surface area contributed by atoms with Crippen LogP contribution in [0.3, 0.4) is 0 Å². The van der Waals surface area contributed by atoms with Crippen LogP contribution < -0.4 is 19.5 Å². The van der Waals surface area contributed by atoms with Gasteiger partial charge in [0.15, 0.2) is 11.5 Å². The van der Waals surface area contributed by atoms with Crippen molar-refractivity contribution in [3.63, 3.8) is 0 Å². The molecule has 0 amide bonds. The Bertz CT molecular complexity index is 1040. The molecule has 0 aromatic heterocycles. The van der Waals surface area contributed by atoms with E-state index in [1.54, 1.807) is 12.1 Å². The highest BCUT2D eigenvalue weighted by atomic mass is 16.8. The van der Waals surface area contributed by atoms with Crippen LogP contribution in [0.4, 0.5) is 5.69 Å². The highest BCUT2D eigenvalue weighted by Crippen LogP contribution is 2.40. The Hall–Kier alpha value is -3.90. The van der Waals surface area contributed by atoms with Crippen molar-refractivity contribution < 1.29 is 44.0 Å². The summed E-state index contributed by atoms with van der Waals surface area (Å²) in [5, 5.41) is 42.4. The minimum Gasteiger partial charge on any atom is -0.491 e. The zero-order chi connectivity index (χ0) is 24.2. The lowest BCUT2D eigenvalue weighted by Crippen LogP contribution is -2.54. The molecule has 0 radical (unpaired) electrons. The van der Waals surface area contributed by atoms with E-state index in [1.807, 2.05) is 6.92 Å². The summed E-state index contributed by atoms with van der Waals surface area (Å²) < 4.78 is 15.5. The number of hydrogen-bond acceptors (Lipinski definition) is 9. The number of nitrogens with zero attached hydrogens (tertiary/aromatic N) is 1. The average molecular weight is 462 g/mol. The molecule has 2 aromatic rings. The molecule has 2 atom stereocenters. The van der Waals surface area contributed by atoms with E-state index in [2.05, 4.69) is 5.32 Å². The maximum Gasteiger partial charge on any atom is 0.453 e. The molecule has 1 heterocycles. The second-order valence-electron chi connectivity index (χ2n) is 7.44. The zero-order valence-electron chi connectivity index (χ0n) is 17.5. The molecule has 12 heteroatoms. The summed E-state index contributed by atoms with van der Waals surface area (Å²) >= 11 is 0. The number of aliphatic hydroxyl groups is 1. The van der Waals surface area contributed by atoms with Crippen molar-refractivity contribution in [3.05, 3.63) is 58.1 Å². The molecular formula is C21H22N2O10. The predicted molar refractivity (Wildman–Crippen MR) is 111 cm³/mol. The number of carbonyl (C=O) groups is 2. The molecule has 176 valence electrons. The van der Waals surface area contributed by atoms with Crippen LogP contribution in [0.1, 0.15) is 12.5 Å². The van der Waals surface area contributed by atoms with Crippen molar-refractivity contribution in [1.82, 2.24) is 5.32 Å². The van der Waals surface area contributed by atoms with Gasteiger partial charge in [-0.1, -0.05) is 12.1 Å². The molecule has 12 nitrogen and oxygen atoms in total. The molecule has 2 unspecified atom stereocenters. The molecular weight excluding hydrogens is 440 g/mol. The monoisotopic (exact) mass is 462 g/mol.